The van der Waals surface area contributed by atoms with Crippen LogP contribution < -0.4 is 0 Å². The van der Waals surface area contributed by atoms with Gasteiger partial charge >= 0.3 is 0 Å². The van der Waals surface area contributed by atoms with Crippen molar-refractivity contribution in [3.63, 3.8) is 0 Å². The number of fused-ring (bicyclic) bond motifs is 1. The van der Waals surface area contributed by atoms with Gasteiger partial charge < -0.3 is 0 Å². The van der Waals surface area contributed by atoms with Crippen molar-refractivity contribution < 1.29 is 13.2 Å². The molecular formula is C26H33F3. The fourth-order valence-corrected chi connectivity index (χ4v) is 4.65. The fraction of sp³-hybridized carbons (Fsp3) is 0.538. The molecule has 0 unspecified atom stereocenters. The lowest BCUT2D eigenvalue weighted by atomic mass is 9.79. The number of rotatable bonds is 8. The molecule has 1 saturated carbocycles. The highest BCUT2D eigenvalue weighted by atomic mass is 19.2. The van der Waals surface area contributed by atoms with E-state index in [1.54, 1.807) is 12.1 Å². The van der Waals surface area contributed by atoms with Crippen molar-refractivity contribution >= 4 is 16.6 Å². The van der Waals surface area contributed by atoms with E-state index in [2.05, 4.69) is 13.8 Å². The van der Waals surface area contributed by atoms with Crippen molar-refractivity contribution in [1.82, 2.24) is 0 Å². The van der Waals surface area contributed by atoms with Gasteiger partial charge in [0.2, 0.25) is 0 Å². The van der Waals surface area contributed by atoms with E-state index < -0.39 is 23.4 Å². The van der Waals surface area contributed by atoms with Crippen LogP contribution in [0.4, 0.5) is 13.2 Å². The molecule has 0 radical (unpaired) electrons. The largest absolute Gasteiger partial charge is 0.208 e. The minimum Gasteiger partial charge on any atom is -0.208 e. The number of benzene rings is 2. The highest BCUT2D eigenvalue weighted by molar-refractivity contribution is 5.87. The minimum atomic E-state index is -1.02. The molecule has 0 aromatic heterocycles. The zero-order chi connectivity index (χ0) is 20.8. The second-order valence-electron chi connectivity index (χ2n) is 8.61. The lowest BCUT2D eigenvalue weighted by molar-refractivity contribution is 0.258. The first-order valence-electron chi connectivity index (χ1n) is 11.3. The van der Waals surface area contributed by atoms with Crippen LogP contribution in [0.2, 0.25) is 0 Å². The van der Waals surface area contributed by atoms with Crippen LogP contribution in [0.1, 0.15) is 82.8 Å². The number of hydrogen-bond donors (Lipinski definition) is 0. The van der Waals surface area contributed by atoms with Crippen LogP contribution in [0.15, 0.2) is 36.2 Å². The van der Waals surface area contributed by atoms with Gasteiger partial charge in [0, 0.05) is 16.9 Å². The van der Waals surface area contributed by atoms with Gasteiger partial charge in [-0.3, -0.25) is 0 Å². The normalized spacial score (nSPS) is 20.7. The number of unbranched alkanes of at least 4 members (excludes halogenated alkanes) is 2. The van der Waals surface area contributed by atoms with E-state index in [1.807, 2.05) is 12.1 Å². The van der Waals surface area contributed by atoms with Crippen LogP contribution in [0.25, 0.3) is 16.6 Å². The molecule has 0 bridgehead atoms. The molecular weight excluding hydrogens is 369 g/mol. The van der Waals surface area contributed by atoms with E-state index in [4.69, 9.17) is 0 Å². The molecule has 29 heavy (non-hydrogen) atoms. The summed E-state index contributed by atoms with van der Waals surface area (Å²) >= 11 is 0. The molecule has 3 rings (SSSR count). The Morgan fingerprint density at radius 1 is 0.931 bits per heavy atom. The van der Waals surface area contributed by atoms with E-state index in [1.165, 1.54) is 31.7 Å². The molecule has 1 fully saturated rings. The molecule has 158 valence electrons. The Labute approximate surface area is 173 Å². The topological polar surface area (TPSA) is 0 Å². The van der Waals surface area contributed by atoms with Crippen molar-refractivity contribution in [1.29, 1.82) is 0 Å². The lowest BCUT2D eigenvalue weighted by Crippen LogP contribution is -2.15. The van der Waals surface area contributed by atoms with Crippen LogP contribution in [0.3, 0.4) is 0 Å². The molecule has 0 saturated heterocycles. The van der Waals surface area contributed by atoms with Gasteiger partial charge in [0.15, 0.2) is 5.83 Å². The van der Waals surface area contributed by atoms with Crippen LogP contribution in [0.5, 0.6) is 0 Å². The molecule has 0 atom stereocenters. The molecule has 1 aliphatic rings. The van der Waals surface area contributed by atoms with Crippen LogP contribution in [-0.2, 0) is 6.42 Å². The first-order chi connectivity index (χ1) is 14.0. The van der Waals surface area contributed by atoms with Crippen LogP contribution in [0, 0.1) is 17.7 Å². The smallest absolute Gasteiger partial charge is 0.165 e. The summed E-state index contributed by atoms with van der Waals surface area (Å²) in [6.07, 6.45) is 9.98. The minimum absolute atomic E-state index is 0.247. The van der Waals surface area contributed by atoms with Gasteiger partial charge in [0.25, 0.3) is 0 Å². The molecule has 0 heterocycles. The Balaban J connectivity index is 1.75. The third-order valence-corrected chi connectivity index (χ3v) is 6.42. The molecule has 1 aliphatic carbocycles. The standard InChI is InChI=1S/C26H33F3/c1-3-5-6-8-18-9-12-20(13-10-18)24(27)26(29)23-16-14-21-17-19(7-4-2)11-15-22(21)25(23)28/h11,14-18,20H,3-10,12-13H2,1-2H3. The highest BCUT2D eigenvalue weighted by Gasteiger charge is 2.27. The van der Waals surface area contributed by atoms with Gasteiger partial charge in [-0.05, 0) is 55.0 Å². The first-order valence-corrected chi connectivity index (χ1v) is 11.3. The van der Waals surface area contributed by atoms with Gasteiger partial charge in [-0.1, -0.05) is 70.2 Å². The molecule has 2 aromatic carbocycles. The second-order valence-corrected chi connectivity index (χ2v) is 8.61. The van der Waals surface area contributed by atoms with Crippen LogP contribution >= 0.6 is 0 Å². The number of aryl methyl sites for hydroxylation is 1. The van der Waals surface area contributed by atoms with Crippen molar-refractivity contribution in [2.45, 2.75) is 78.1 Å². The predicted octanol–water partition coefficient (Wildman–Crippen LogP) is 8.93. The van der Waals surface area contributed by atoms with Crippen molar-refractivity contribution in [2.24, 2.45) is 11.8 Å². The molecule has 3 heteroatoms. The molecule has 0 amide bonds. The zero-order valence-electron chi connectivity index (χ0n) is 17.7. The number of hydrogen-bond acceptors (Lipinski definition) is 0. The maximum absolute atomic E-state index is 15.0. The summed E-state index contributed by atoms with van der Waals surface area (Å²) in [5.74, 6) is -2.23. The van der Waals surface area contributed by atoms with E-state index in [0.717, 1.165) is 36.6 Å². The summed E-state index contributed by atoms with van der Waals surface area (Å²) in [6, 6.07) is 8.58. The summed E-state index contributed by atoms with van der Waals surface area (Å²) in [5.41, 5.74) is 0.883. The third kappa shape index (κ3) is 5.24. The average molecular weight is 403 g/mol. The number of allylic oxidation sites excluding steroid dienone is 1. The van der Waals surface area contributed by atoms with Gasteiger partial charge in [0.05, 0.1) is 0 Å². The summed E-state index contributed by atoms with van der Waals surface area (Å²) in [6.45, 7) is 4.28. The monoisotopic (exact) mass is 402 g/mol. The Hall–Kier alpha value is -1.77. The van der Waals surface area contributed by atoms with Gasteiger partial charge in [-0.15, -0.1) is 0 Å². The maximum atomic E-state index is 15.0. The third-order valence-electron chi connectivity index (χ3n) is 6.42. The quantitative estimate of drug-likeness (QED) is 0.387. The molecule has 0 nitrogen and oxygen atoms in total. The van der Waals surface area contributed by atoms with Crippen molar-refractivity contribution in [3.8, 4) is 0 Å². The Morgan fingerprint density at radius 3 is 2.38 bits per heavy atom. The summed E-state index contributed by atoms with van der Waals surface area (Å²) in [4.78, 5) is 0. The maximum Gasteiger partial charge on any atom is 0.165 e. The van der Waals surface area contributed by atoms with E-state index in [0.29, 0.717) is 24.1 Å². The number of halogens is 3. The van der Waals surface area contributed by atoms with Gasteiger partial charge in [-0.25, -0.2) is 13.2 Å². The highest BCUT2D eigenvalue weighted by Crippen LogP contribution is 2.40. The van der Waals surface area contributed by atoms with Gasteiger partial charge in [-0.2, -0.15) is 0 Å². The molecule has 2 aromatic rings. The summed E-state index contributed by atoms with van der Waals surface area (Å²) in [7, 11) is 0. The van der Waals surface area contributed by atoms with Crippen molar-refractivity contribution in [3.05, 3.63) is 53.1 Å². The van der Waals surface area contributed by atoms with E-state index in [-0.39, 0.29) is 5.56 Å². The van der Waals surface area contributed by atoms with E-state index >= 15 is 0 Å². The first kappa shape index (κ1) is 21.9. The lowest BCUT2D eigenvalue weighted by Gasteiger charge is -2.27. The van der Waals surface area contributed by atoms with Crippen LogP contribution in [-0.4, -0.2) is 0 Å². The Kier molecular flexibility index (Phi) is 7.80. The second kappa shape index (κ2) is 10.3. The fourth-order valence-electron chi connectivity index (χ4n) is 4.65. The Morgan fingerprint density at radius 2 is 1.69 bits per heavy atom. The predicted molar refractivity (Wildman–Crippen MR) is 117 cm³/mol. The molecule has 0 aliphatic heterocycles. The van der Waals surface area contributed by atoms with Crippen molar-refractivity contribution in [2.75, 3.05) is 0 Å². The zero-order valence-corrected chi connectivity index (χ0v) is 17.7. The average Bonchev–Trinajstić information content (AvgIpc) is 2.74. The van der Waals surface area contributed by atoms with Gasteiger partial charge in [0.1, 0.15) is 11.6 Å². The summed E-state index contributed by atoms with van der Waals surface area (Å²) < 4.78 is 44.8. The SMILES string of the molecule is CCCCCC1CCC(C(F)=C(F)c2ccc3cc(CCC)ccc3c2F)CC1. The molecule has 0 N–H and O–H groups in total. The van der Waals surface area contributed by atoms with E-state index in [9.17, 15) is 13.2 Å². The molecule has 0 spiro atoms. The Bertz CT molecular complexity index is 844. The summed E-state index contributed by atoms with van der Waals surface area (Å²) in [5, 5.41) is 1.09.